The molecular weight excluding hydrogens is 353 g/mol. The Morgan fingerprint density at radius 3 is 2.72 bits per heavy atom. The van der Waals surface area contributed by atoms with Gasteiger partial charge < -0.3 is 9.47 Å². The number of unbranched alkanes of at least 4 members (excludes halogenated alkanes) is 1. The molecule has 1 aromatic rings. The Kier molecular flexibility index (Phi) is 6.57. The Morgan fingerprint density at radius 2 is 2.16 bits per heavy atom. The van der Waals surface area contributed by atoms with E-state index in [1.54, 1.807) is 6.08 Å². The highest BCUT2D eigenvalue weighted by atomic mass is 32.1. The highest BCUT2D eigenvalue weighted by Crippen LogP contribution is 2.38. The van der Waals surface area contributed by atoms with Crippen molar-refractivity contribution in [1.29, 1.82) is 0 Å². The Labute approximate surface area is 150 Å². The second-order valence-electron chi connectivity index (χ2n) is 5.87. The number of aryl methyl sites for hydroxylation is 1. The van der Waals surface area contributed by atoms with E-state index in [2.05, 4.69) is 26.1 Å². The molecule has 1 aliphatic carbocycles. The first-order valence-corrected chi connectivity index (χ1v) is 8.73. The predicted molar refractivity (Wildman–Crippen MR) is 93.5 cm³/mol. The number of hydrogen-bond donors (Lipinski definition) is 1. The zero-order chi connectivity index (χ0) is 18.6. The lowest BCUT2D eigenvalue weighted by atomic mass is 9.93. The van der Waals surface area contributed by atoms with Gasteiger partial charge in [-0.1, -0.05) is 26.0 Å². The van der Waals surface area contributed by atoms with Crippen molar-refractivity contribution in [2.45, 2.75) is 44.9 Å². The van der Waals surface area contributed by atoms with E-state index in [0.717, 1.165) is 24.8 Å². The molecule has 0 heterocycles. The van der Waals surface area contributed by atoms with Gasteiger partial charge in [-0.05, 0) is 30.0 Å². The summed E-state index contributed by atoms with van der Waals surface area (Å²) in [6.45, 7) is 4.37. The van der Waals surface area contributed by atoms with E-state index in [1.807, 2.05) is 6.07 Å². The van der Waals surface area contributed by atoms with Gasteiger partial charge in [0, 0.05) is 17.5 Å². The summed E-state index contributed by atoms with van der Waals surface area (Å²) in [6, 6.07) is 1.83. The Bertz CT molecular complexity index is 656. The zero-order valence-electron chi connectivity index (χ0n) is 14.0. The number of thiol groups is 1. The van der Waals surface area contributed by atoms with Crippen molar-refractivity contribution in [3.05, 3.63) is 34.9 Å². The van der Waals surface area contributed by atoms with Crippen LogP contribution in [-0.4, -0.2) is 30.6 Å². The van der Waals surface area contributed by atoms with Crippen LogP contribution in [0.5, 0.6) is 5.75 Å². The number of carbonyl (C=O) groups is 1. The highest BCUT2D eigenvalue weighted by Gasteiger charge is 2.39. The molecular formula is C18H21F3O3S. The number of rotatable bonds is 8. The monoisotopic (exact) mass is 374 g/mol. The van der Waals surface area contributed by atoms with Gasteiger partial charge in [0.1, 0.15) is 24.4 Å². The third-order valence-electron chi connectivity index (χ3n) is 4.12. The topological polar surface area (TPSA) is 35.5 Å². The van der Waals surface area contributed by atoms with Crippen molar-refractivity contribution in [3.63, 3.8) is 0 Å². The van der Waals surface area contributed by atoms with E-state index >= 15 is 0 Å². The number of alkyl halides is 3. The molecule has 0 aromatic heterocycles. The predicted octanol–water partition coefficient (Wildman–Crippen LogP) is 4.62. The molecule has 0 saturated carbocycles. The minimum absolute atomic E-state index is 0.0578. The Balaban J connectivity index is 2.41. The molecule has 0 saturated heterocycles. The summed E-state index contributed by atoms with van der Waals surface area (Å²) in [5, 5.41) is 0. The van der Waals surface area contributed by atoms with Gasteiger partial charge in [0.05, 0.1) is 0 Å². The van der Waals surface area contributed by atoms with Crippen LogP contribution in [0.2, 0.25) is 0 Å². The van der Waals surface area contributed by atoms with Gasteiger partial charge in [-0.2, -0.15) is 13.2 Å². The van der Waals surface area contributed by atoms with Gasteiger partial charge in [-0.15, -0.1) is 12.6 Å². The molecule has 1 aromatic carbocycles. The van der Waals surface area contributed by atoms with Gasteiger partial charge in [0.15, 0.2) is 5.78 Å². The van der Waals surface area contributed by atoms with Crippen LogP contribution < -0.4 is 4.74 Å². The number of ketones is 1. The van der Waals surface area contributed by atoms with Crippen LogP contribution in [-0.2, 0) is 17.6 Å². The first kappa shape index (κ1) is 19.8. The highest BCUT2D eigenvalue weighted by molar-refractivity contribution is 7.80. The van der Waals surface area contributed by atoms with E-state index in [9.17, 15) is 18.0 Å². The van der Waals surface area contributed by atoms with Crippen LogP contribution >= 0.6 is 12.6 Å². The van der Waals surface area contributed by atoms with Crippen molar-refractivity contribution < 1.29 is 27.4 Å². The molecule has 138 valence electrons. The number of ether oxygens (including phenoxy) is 2. The molecule has 1 atom stereocenters. The maximum absolute atomic E-state index is 12.7. The molecule has 0 fully saturated rings. The van der Waals surface area contributed by atoms with Crippen LogP contribution in [0.15, 0.2) is 12.6 Å². The van der Waals surface area contributed by atoms with Crippen LogP contribution in [0, 0.1) is 0 Å². The van der Waals surface area contributed by atoms with E-state index < -0.39 is 24.7 Å². The van der Waals surface area contributed by atoms with Gasteiger partial charge in [0.25, 0.3) is 0 Å². The molecule has 0 spiro atoms. The van der Waals surface area contributed by atoms with Crippen molar-refractivity contribution in [1.82, 2.24) is 0 Å². The number of fused-ring (bicyclic) bond motifs is 1. The van der Waals surface area contributed by atoms with E-state index in [-0.39, 0.29) is 12.4 Å². The van der Waals surface area contributed by atoms with Crippen molar-refractivity contribution in [2.24, 2.45) is 0 Å². The minimum atomic E-state index is -4.48. The molecule has 0 radical (unpaired) electrons. The average molecular weight is 374 g/mol. The lowest BCUT2D eigenvalue weighted by molar-refractivity contribution is -0.179. The fourth-order valence-corrected chi connectivity index (χ4v) is 3.17. The molecule has 0 amide bonds. The van der Waals surface area contributed by atoms with Gasteiger partial charge >= 0.3 is 6.18 Å². The molecule has 0 aliphatic heterocycles. The third kappa shape index (κ3) is 4.58. The smallest absolute Gasteiger partial charge is 0.411 e. The fraction of sp³-hybridized carbons (Fsp3) is 0.500. The maximum atomic E-state index is 12.7. The zero-order valence-corrected chi connectivity index (χ0v) is 14.9. The fourth-order valence-electron chi connectivity index (χ4n) is 3.03. The summed E-state index contributed by atoms with van der Waals surface area (Å²) in [5.41, 5.74) is 2.50. The molecule has 2 rings (SSSR count). The average Bonchev–Trinajstić information content (AvgIpc) is 2.88. The van der Waals surface area contributed by atoms with Gasteiger partial charge in [-0.25, -0.2) is 0 Å². The van der Waals surface area contributed by atoms with Gasteiger partial charge in [-0.3, -0.25) is 4.79 Å². The summed E-state index contributed by atoms with van der Waals surface area (Å²) in [6.07, 6.45) is -1.37. The summed E-state index contributed by atoms with van der Waals surface area (Å²) in [5.74, 6) is 0.139. The molecule has 3 nitrogen and oxygen atoms in total. The molecule has 1 aliphatic rings. The quantitative estimate of drug-likeness (QED) is 0.533. The van der Waals surface area contributed by atoms with Crippen LogP contribution in [0.1, 0.15) is 46.8 Å². The number of hydrogen-bond acceptors (Lipinski definition) is 4. The lowest BCUT2D eigenvalue weighted by Gasteiger charge is -2.15. The molecule has 0 bridgehead atoms. The molecule has 7 heteroatoms. The normalized spacial score (nSPS) is 16.8. The molecule has 0 N–H and O–H groups in total. The summed E-state index contributed by atoms with van der Waals surface area (Å²) in [4.78, 5) is 12.7. The summed E-state index contributed by atoms with van der Waals surface area (Å²) < 4.78 is 47.6. The Hall–Kier alpha value is -1.47. The largest absolute Gasteiger partial charge is 0.483 e. The number of Topliss-reactive ketones (excluding diaryl/α,β-unsaturated/α-hetero) is 1. The number of benzene rings is 1. The standard InChI is InChI=1S/C18H21F3O3S/c1-3-5-6-11-7-14(24-10-25)13-8-15(23-9-18(19,20)21)17(22)16(13)12(11)4-2/h4,7,15,25H,2-3,5-6,8-10H2,1H3. The number of halogens is 3. The Morgan fingerprint density at radius 1 is 1.44 bits per heavy atom. The lowest BCUT2D eigenvalue weighted by Crippen LogP contribution is -2.27. The second-order valence-corrected chi connectivity index (χ2v) is 6.12. The maximum Gasteiger partial charge on any atom is 0.411 e. The minimum Gasteiger partial charge on any atom is -0.483 e. The van der Waals surface area contributed by atoms with Crippen molar-refractivity contribution in [2.75, 3.05) is 12.5 Å². The van der Waals surface area contributed by atoms with Crippen molar-refractivity contribution >= 4 is 24.5 Å². The van der Waals surface area contributed by atoms with Crippen molar-refractivity contribution in [3.8, 4) is 5.75 Å². The van der Waals surface area contributed by atoms with Crippen LogP contribution in [0.4, 0.5) is 13.2 Å². The van der Waals surface area contributed by atoms with Crippen LogP contribution in [0.25, 0.3) is 6.08 Å². The summed E-state index contributed by atoms with van der Waals surface area (Å²) >= 11 is 4.04. The third-order valence-corrected chi connectivity index (χ3v) is 4.25. The first-order chi connectivity index (χ1) is 11.8. The number of carbonyl (C=O) groups excluding carboxylic acids is 1. The van der Waals surface area contributed by atoms with E-state index in [1.165, 1.54) is 0 Å². The van der Waals surface area contributed by atoms with Gasteiger partial charge in [0.2, 0.25) is 0 Å². The first-order valence-electron chi connectivity index (χ1n) is 8.09. The second kappa shape index (κ2) is 8.27. The summed E-state index contributed by atoms with van der Waals surface area (Å²) in [7, 11) is 0. The molecule has 1 unspecified atom stereocenters. The van der Waals surface area contributed by atoms with E-state index in [0.29, 0.717) is 22.4 Å². The van der Waals surface area contributed by atoms with E-state index in [4.69, 9.17) is 9.47 Å². The van der Waals surface area contributed by atoms with Crippen LogP contribution in [0.3, 0.4) is 0 Å². The SMILES string of the molecule is C=Cc1c(CCCC)cc(OCS)c2c1C(=O)C(OCC(F)(F)F)C2. The molecule has 25 heavy (non-hydrogen) atoms.